The van der Waals surface area contributed by atoms with Crippen molar-refractivity contribution in [2.45, 2.75) is 18.5 Å². The van der Waals surface area contributed by atoms with Crippen molar-refractivity contribution in [2.75, 3.05) is 25.0 Å². The number of likely N-dealkylation sites (tertiary alicyclic amines) is 1. The maximum absolute atomic E-state index is 11.2. The summed E-state index contributed by atoms with van der Waals surface area (Å²) in [4.78, 5) is 16.1. The van der Waals surface area contributed by atoms with Crippen molar-refractivity contribution in [1.29, 1.82) is 0 Å². The predicted molar refractivity (Wildman–Crippen MR) is 67.9 cm³/mol. The highest BCUT2D eigenvalue weighted by molar-refractivity contribution is 5.93. The van der Waals surface area contributed by atoms with Crippen LogP contribution in [0.4, 0.5) is 5.69 Å². The highest BCUT2D eigenvalue weighted by atomic mass is 16.5. The molecule has 0 radical (unpaired) electrons. The number of rotatable bonds is 2. The van der Waals surface area contributed by atoms with Crippen molar-refractivity contribution in [1.82, 2.24) is 10.4 Å². The highest BCUT2D eigenvalue weighted by Crippen LogP contribution is 2.33. The summed E-state index contributed by atoms with van der Waals surface area (Å²) in [7, 11) is 2.18. The molecule has 2 heterocycles. The van der Waals surface area contributed by atoms with Crippen LogP contribution in [0.2, 0.25) is 0 Å². The van der Waals surface area contributed by atoms with Crippen LogP contribution < -0.4 is 10.4 Å². The van der Waals surface area contributed by atoms with E-state index in [0.717, 1.165) is 18.8 Å². The molecule has 5 heteroatoms. The molecule has 0 aliphatic carbocycles. The van der Waals surface area contributed by atoms with E-state index < -0.39 is 5.91 Å². The van der Waals surface area contributed by atoms with Crippen molar-refractivity contribution in [3.8, 4) is 0 Å². The van der Waals surface area contributed by atoms with Gasteiger partial charge >= 0.3 is 0 Å². The SMILES string of the molecule is CN1C[C@H]2C[C@@H]1CN2c1ccc(C(=O)NO)cc1. The van der Waals surface area contributed by atoms with Gasteiger partial charge in [0.15, 0.2) is 0 Å². The largest absolute Gasteiger partial charge is 0.366 e. The lowest BCUT2D eigenvalue weighted by Gasteiger charge is -2.33. The number of carbonyl (C=O) groups is 1. The molecule has 2 saturated heterocycles. The molecule has 1 aromatic carbocycles. The molecule has 18 heavy (non-hydrogen) atoms. The van der Waals surface area contributed by atoms with E-state index >= 15 is 0 Å². The molecule has 2 aliphatic rings. The van der Waals surface area contributed by atoms with Gasteiger partial charge in [0.1, 0.15) is 0 Å². The number of hydrogen-bond acceptors (Lipinski definition) is 4. The molecule has 2 aliphatic heterocycles. The Morgan fingerprint density at radius 2 is 2.00 bits per heavy atom. The van der Waals surface area contributed by atoms with Gasteiger partial charge in [0, 0.05) is 36.4 Å². The monoisotopic (exact) mass is 247 g/mol. The number of anilines is 1. The van der Waals surface area contributed by atoms with Crippen LogP contribution >= 0.6 is 0 Å². The first-order chi connectivity index (χ1) is 8.69. The molecular formula is C13H17N3O2. The molecule has 0 unspecified atom stereocenters. The number of hydrogen-bond donors (Lipinski definition) is 2. The van der Waals surface area contributed by atoms with Crippen LogP contribution in [0.5, 0.6) is 0 Å². The topological polar surface area (TPSA) is 55.8 Å². The first-order valence-electron chi connectivity index (χ1n) is 6.20. The maximum Gasteiger partial charge on any atom is 0.274 e. The van der Waals surface area contributed by atoms with Crippen LogP contribution in [0.15, 0.2) is 24.3 Å². The second-order valence-electron chi connectivity index (χ2n) is 5.12. The zero-order valence-corrected chi connectivity index (χ0v) is 10.3. The molecule has 1 amide bonds. The third-order valence-electron chi connectivity index (χ3n) is 4.08. The summed E-state index contributed by atoms with van der Waals surface area (Å²) >= 11 is 0. The minimum Gasteiger partial charge on any atom is -0.366 e. The van der Waals surface area contributed by atoms with Gasteiger partial charge in [0.2, 0.25) is 0 Å². The van der Waals surface area contributed by atoms with Crippen LogP contribution in [0.25, 0.3) is 0 Å². The highest BCUT2D eigenvalue weighted by Gasteiger charge is 2.41. The van der Waals surface area contributed by atoms with Gasteiger partial charge < -0.3 is 4.90 Å². The summed E-state index contributed by atoms with van der Waals surface area (Å²) in [6.07, 6.45) is 1.23. The minimum absolute atomic E-state index is 0.468. The van der Waals surface area contributed by atoms with Crippen molar-refractivity contribution < 1.29 is 10.0 Å². The number of nitrogens with zero attached hydrogens (tertiary/aromatic N) is 2. The Bertz CT molecular complexity index is 458. The summed E-state index contributed by atoms with van der Waals surface area (Å²) in [6, 6.07) is 8.65. The van der Waals surface area contributed by atoms with Gasteiger partial charge in [-0.05, 0) is 37.7 Å². The fourth-order valence-corrected chi connectivity index (χ4v) is 3.05. The van der Waals surface area contributed by atoms with E-state index in [0.29, 0.717) is 17.6 Å². The first-order valence-corrected chi connectivity index (χ1v) is 6.20. The van der Waals surface area contributed by atoms with E-state index in [9.17, 15) is 4.79 Å². The maximum atomic E-state index is 11.2. The Hall–Kier alpha value is -1.59. The standard InChI is InChI=1S/C13H17N3O2/c1-15-7-12-6-11(15)8-16(12)10-4-2-9(3-5-10)13(17)14-18/h2-5,11-12,18H,6-8H2,1H3,(H,14,17)/t11-,12-/m1/s1. The molecule has 2 atom stereocenters. The Morgan fingerprint density at radius 3 is 2.50 bits per heavy atom. The summed E-state index contributed by atoms with van der Waals surface area (Å²) in [5.41, 5.74) is 3.28. The van der Waals surface area contributed by atoms with E-state index in [1.165, 1.54) is 6.42 Å². The van der Waals surface area contributed by atoms with Gasteiger partial charge in [0.05, 0.1) is 0 Å². The molecule has 2 N–H and O–H groups in total. The van der Waals surface area contributed by atoms with E-state index in [1.807, 2.05) is 12.1 Å². The molecule has 0 spiro atoms. The number of likely N-dealkylation sites (N-methyl/N-ethyl adjacent to an activating group) is 1. The number of nitrogens with one attached hydrogen (secondary N) is 1. The Balaban J connectivity index is 1.76. The second kappa shape index (κ2) is 4.26. The van der Waals surface area contributed by atoms with Crippen LogP contribution in [-0.2, 0) is 0 Å². The smallest absolute Gasteiger partial charge is 0.274 e. The Morgan fingerprint density at radius 1 is 1.28 bits per heavy atom. The number of carbonyl (C=O) groups excluding carboxylic acids is 1. The molecule has 2 bridgehead atoms. The zero-order chi connectivity index (χ0) is 12.7. The minimum atomic E-state index is -0.468. The summed E-state index contributed by atoms with van der Waals surface area (Å²) in [6.45, 7) is 2.18. The summed E-state index contributed by atoms with van der Waals surface area (Å²) in [5.74, 6) is -0.468. The van der Waals surface area contributed by atoms with Gasteiger partial charge in [-0.2, -0.15) is 0 Å². The van der Waals surface area contributed by atoms with Crippen LogP contribution in [0.1, 0.15) is 16.8 Å². The van der Waals surface area contributed by atoms with Crippen LogP contribution in [-0.4, -0.2) is 48.2 Å². The van der Waals surface area contributed by atoms with E-state index in [2.05, 4.69) is 16.8 Å². The number of hydroxylamine groups is 1. The molecule has 3 rings (SSSR count). The van der Waals surface area contributed by atoms with Crippen molar-refractivity contribution in [2.24, 2.45) is 0 Å². The molecule has 96 valence electrons. The van der Waals surface area contributed by atoms with Crippen molar-refractivity contribution in [3.63, 3.8) is 0 Å². The molecule has 2 fully saturated rings. The Kier molecular flexibility index (Phi) is 2.72. The first kappa shape index (κ1) is 11.5. The molecular weight excluding hydrogens is 230 g/mol. The van der Waals surface area contributed by atoms with Gasteiger partial charge in [-0.15, -0.1) is 0 Å². The van der Waals surface area contributed by atoms with Gasteiger partial charge in [-0.25, -0.2) is 5.48 Å². The lowest BCUT2D eigenvalue weighted by Crippen LogP contribution is -2.44. The number of piperazine rings is 1. The number of amides is 1. The van der Waals surface area contributed by atoms with Gasteiger partial charge in [-0.1, -0.05) is 0 Å². The average molecular weight is 247 g/mol. The number of benzene rings is 1. The molecule has 5 nitrogen and oxygen atoms in total. The fourth-order valence-electron chi connectivity index (χ4n) is 3.05. The second-order valence-corrected chi connectivity index (χ2v) is 5.12. The molecule has 0 saturated carbocycles. The quantitative estimate of drug-likeness (QED) is 0.596. The summed E-state index contributed by atoms with van der Waals surface area (Å²) in [5, 5.41) is 8.57. The average Bonchev–Trinajstić information content (AvgIpc) is 2.97. The molecule has 0 aromatic heterocycles. The lowest BCUT2D eigenvalue weighted by molar-refractivity contribution is 0.0706. The number of fused-ring (bicyclic) bond motifs is 2. The fraction of sp³-hybridized carbons (Fsp3) is 0.462. The summed E-state index contributed by atoms with van der Waals surface area (Å²) < 4.78 is 0. The molecule has 1 aromatic rings. The van der Waals surface area contributed by atoms with E-state index in [1.54, 1.807) is 17.6 Å². The van der Waals surface area contributed by atoms with E-state index in [4.69, 9.17) is 5.21 Å². The zero-order valence-electron chi connectivity index (χ0n) is 10.3. The third kappa shape index (κ3) is 1.76. The Labute approximate surface area is 106 Å². The lowest BCUT2D eigenvalue weighted by atomic mass is 10.1. The van der Waals surface area contributed by atoms with Gasteiger partial charge in [0.25, 0.3) is 5.91 Å². The van der Waals surface area contributed by atoms with Crippen molar-refractivity contribution >= 4 is 11.6 Å². The normalized spacial score (nSPS) is 26.7. The third-order valence-corrected chi connectivity index (χ3v) is 4.08. The predicted octanol–water partition coefficient (Wildman–Crippen LogP) is 0.698. The van der Waals surface area contributed by atoms with E-state index in [-0.39, 0.29) is 0 Å². The van der Waals surface area contributed by atoms with Gasteiger partial charge in [-0.3, -0.25) is 14.9 Å². The van der Waals surface area contributed by atoms with Crippen molar-refractivity contribution in [3.05, 3.63) is 29.8 Å². The van der Waals surface area contributed by atoms with Crippen LogP contribution in [0.3, 0.4) is 0 Å². The van der Waals surface area contributed by atoms with Crippen LogP contribution in [0, 0.1) is 0 Å².